The Morgan fingerprint density at radius 1 is 1.04 bits per heavy atom. The van der Waals surface area contributed by atoms with Gasteiger partial charge in [0.15, 0.2) is 0 Å². The molecule has 0 spiro atoms. The highest BCUT2D eigenvalue weighted by molar-refractivity contribution is 7.90. The molecule has 7 heteroatoms. The Balaban J connectivity index is 1.54. The molecule has 0 bridgehead atoms. The third-order valence-electron chi connectivity index (χ3n) is 4.89. The predicted octanol–water partition coefficient (Wildman–Crippen LogP) is 1.23. The number of rotatable bonds is 2. The second-order valence-electron chi connectivity index (χ2n) is 6.43. The minimum Gasteiger partial charge on any atom is -0.342 e. The maximum atomic E-state index is 12.7. The third-order valence-corrected chi connectivity index (χ3v) is 6.78. The maximum Gasteiger partial charge on any atom is 0.269 e. The second-order valence-corrected chi connectivity index (χ2v) is 8.22. The van der Waals surface area contributed by atoms with Crippen molar-refractivity contribution in [3.05, 3.63) is 29.8 Å². The summed E-state index contributed by atoms with van der Waals surface area (Å²) < 4.78 is 26.3. The molecule has 1 saturated heterocycles. The van der Waals surface area contributed by atoms with E-state index in [1.807, 2.05) is 4.90 Å². The van der Waals surface area contributed by atoms with Crippen LogP contribution in [0.5, 0.6) is 0 Å². The summed E-state index contributed by atoms with van der Waals surface area (Å²) in [6, 6.07) is 5.98. The Hall–Kier alpha value is -1.89. The zero-order valence-electron chi connectivity index (χ0n) is 12.6. The number of sulfonamides is 1. The normalized spacial score (nSPS) is 23.9. The van der Waals surface area contributed by atoms with Crippen LogP contribution in [0.4, 0.5) is 0 Å². The Morgan fingerprint density at radius 3 is 2.30 bits per heavy atom. The smallest absolute Gasteiger partial charge is 0.269 e. The summed E-state index contributed by atoms with van der Waals surface area (Å²) in [5, 5.41) is 0. The predicted molar refractivity (Wildman–Crippen MR) is 82.1 cm³/mol. The number of piperidine rings is 1. The van der Waals surface area contributed by atoms with Crippen molar-refractivity contribution in [1.82, 2.24) is 9.21 Å². The van der Waals surface area contributed by atoms with Gasteiger partial charge < -0.3 is 4.90 Å². The van der Waals surface area contributed by atoms with E-state index in [2.05, 4.69) is 0 Å². The summed E-state index contributed by atoms with van der Waals surface area (Å²) in [5.41, 5.74) is 0.254. The van der Waals surface area contributed by atoms with Crippen LogP contribution in [-0.2, 0) is 14.8 Å². The maximum absolute atomic E-state index is 12.7. The van der Waals surface area contributed by atoms with Crippen molar-refractivity contribution >= 4 is 21.8 Å². The number of likely N-dealkylation sites (tertiary alicyclic amines) is 1. The van der Waals surface area contributed by atoms with Gasteiger partial charge in [0, 0.05) is 19.0 Å². The number of hydrogen-bond acceptors (Lipinski definition) is 4. The van der Waals surface area contributed by atoms with Gasteiger partial charge in [0.25, 0.3) is 15.9 Å². The molecule has 2 amide bonds. The lowest BCUT2D eigenvalue weighted by Crippen LogP contribution is -2.49. The van der Waals surface area contributed by atoms with Gasteiger partial charge >= 0.3 is 0 Å². The molecule has 0 N–H and O–H groups in total. The topological polar surface area (TPSA) is 74.8 Å². The first kappa shape index (κ1) is 14.7. The van der Waals surface area contributed by atoms with E-state index in [0.29, 0.717) is 25.9 Å². The summed E-state index contributed by atoms with van der Waals surface area (Å²) in [6.07, 6.45) is 2.95. The summed E-state index contributed by atoms with van der Waals surface area (Å²) in [5.74, 6) is -0.0807. The molecule has 2 fully saturated rings. The summed E-state index contributed by atoms with van der Waals surface area (Å²) >= 11 is 0. The van der Waals surface area contributed by atoms with E-state index in [9.17, 15) is 18.0 Å². The largest absolute Gasteiger partial charge is 0.342 e. The molecule has 2 aliphatic heterocycles. The van der Waals surface area contributed by atoms with Crippen LogP contribution in [0, 0.1) is 5.92 Å². The van der Waals surface area contributed by atoms with Crippen LogP contribution < -0.4 is 0 Å². The SMILES string of the molecule is O=C(C1CC1)N1CCC(N2C(=O)c3ccccc3S2(=O)=O)CC1. The van der Waals surface area contributed by atoms with Crippen molar-refractivity contribution in [2.24, 2.45) is 5.92 Å². The van der Waals surface area contributed by atoms with Gasteiger partial charge in [0.05, 0.1) is 11.6 Å². The second kappa shape index (κ2) is 5.06. The molecular formula is C16H18N2O4S. The van der Waals surface area contributed by atoms with Crippen molar-refractivity contribution in [2.45, 2.75) is 36.6 Å². The van der Waals surface area contributed by atoms with E-state index in [4.69, 9.17) is 0 Å². The number of amides is 2. The molecule has 1 saturated carbocycles. The van der Waals surface area contributed by atoms with E-state index in [1.54, 1.807) is 18.2 Å². The minimum absolute atomic E-state index is 0.0986. The van der Waals surface area contributed by atoms with Crippen LogP contribution in [0.25, 0.3) is 0 Å². The average Bonchev–Trinajstić information content (AvgIpc) is 3.37. The van der Waals surface area contributed by atoms with Crippen molar-refractivity contribution in [2.75, 3.05) is 13.1 Å². The Morgan fingerprint density at radius 2 is 1.70 bits per heavy atom. The number of hydrogen-bond donors (Lipinski definition) is 0. The average molecular weight is 334 g/mol. The van der Waals surface area contributed by atoms with Gasteiger partial charge in [-0.3, -0.25) is 9.59 Å². The zero-order chi connectivity index (χ0) is 16.2. The van der Waals surface area contributed by atoms with E-state index in [0.717, 1.165) is 17.1 Å². The molecule has 4 rings (SSSR count). The molecule has 3 aliphatic rings. The van der Waals surface area contributed by atoms with Crippen LogP contribution in [0.2, 0.25) is 0 Å². The first-order chi connectivity index (χ1) is 11.0. The number of carbonyl (C=O) groups is 2. The monoisotopic (exact) mass is 334 g/mol. The van der Waals surface area contributed by atoms with Crippen molar-refractivity contribution < 1.29 is 18.0 Å². The summed E-state index contributed by atoms with van der Waals surface area (Å²) in [7, 11) is -3.76. The molecule has 0 unspecified atom stereocenters. The van der Waals surface area contributed by atoms with Crippen LogP contribution in [-0.4, -0.2) is 48.6 Å². The fraction of sp³-hybridized carbons (Fsp3) is 0.500. The number of nitrogens with zero attached hydrogens (tertiary/aromatic N) is 2. The lowest BCUT2D eigenvalue weighted by atomic mass is 10.0. The van der Waals surface area contributed by atoms with Gasteiger partial charge in [-0.15, -0.1) is 0 Å². The fourth-order valence-electron chi connectivity index (χ4n) is 3.47. The van der Waals surface area contributed by atoms with E-state index >= 15 is 0 Å². The number of benzene rings is 1. The molecule has 2 heterocycles. The van der Waals surface area contributed by atoms with Crippen LogP contribution >= 0.6 is 0 Å². The highest BCUT2D eigenvalue weighted by Crippen LogP contribution is 2.36. The molecule has 122 valence electrons. The van der Waals surface area contributed by atoms with Gasteiger partial charge in [-0.2, -0.15) is 0 Å². The van der Waals surface area contributed by atoms with Gasteiger partial charge in [0.2, 0.25) is 5.91 Å². The van der Waals surface area contributed by atoms with Crippen LogP contribution in [0.3, 0.4) is 0 Å². The number of carbonyl (C=O) groups excluding carboxylic acids is 2. The summed E-state index contributed by atoms with van der Waals surface area (Å²) in [6.45, 7) is 1.05. The minimum atomic E-state index is -3.76. The molecule has 0 aromatic heterocycles. The standard InChI is InChI=1S/C16H18N2O4S/c19-15(11-5-6-11)17-9-7-12(8-10-17)18-16(20)13-3-1-2-4-14(13)23(18,21)22/h1-4,11-12H,5-10H2. The Kier molecular flexibility index (Phi) is 3.23. The molecule has 23 heavy (non-hydrogen) atoms. The van der Waals surface area contributed by atoms with Crippen LogP contribution in [0.1, 0.15) is 36.0 Å². The number of fused-ring (bicyclic) bond motifs is 1. The highest BCUT2D eigenvalue weighted by Gasteiger charge is 2.46. The van der Waals surface area contributed by atoms with E-state index < -0.39 is 15.9 Å². The summed E-state index contributed by atoms with van der Waals surface area (Å²) in [4.78, 5) is 26.5. The van der Waals surface area contributed by atoms with Crippen molar-refractivity contribution in [3.63, 3.8) is 0 Å². The Bertz CT molecular complexity index is 777. The molecule has 0 radical (unpaired) electrons. The Labute approximate surface area is 135 Å². The molecule has 0 atom stereocenters. The first-order valence-corrected chi connectivity index (χ1v) is 9.41. The van der Waals surface area contributed by atoms with Gasteiger partial charge in [-0.1, -0.05) is 12.1 Å². The molecule has 1 aromatic carbocycles. The van der Waals surface area contributed by atoms with Gasteiger partial charge in [-0.05, 0) is 37.8 Å². The van der Waals surface area contributed by atoms with Crippen molar-refractivity contribution in [1.29, 1.82) is 0 Å². The van der Waals surface area contributed by atoms with Gasteiger partial charge in [0.1, 0.15) is 4.90 Å². The first-order valence-electron chi connectivity index (χ1n) is 7.97. The lowest BCUT2D eigenvalue weighted by Gasteiger charge is -2.35. The lowest BCUT2D eigenvalue weighted by molar-refractivity contribution is -0.133. The van der Waals surface area contributed by atoms with E-state index in [1.165, 1.54) is 6.07 Å². The fourth-order valence-corrected chi connectivity index (χ4v) is 5.29. The molecule has 1 aliphatic carbocycles. The van der Waals surface area contributed by atoms with E-state index in [-0.39, 0.29) is 28.3 Å². The molecule has 6 nitrogen and oxygen atoms in total. The van der Waals surface area contributed by atoms with Gasteiger partial charge in [-0.25, -0.2) is 12.7 Å². The molecular weight excluding hydrogens is 316 g/mol. The third kappa shape index (κ3) is 2.25. The molecule has 1 aromatic rings. The quantitative estimate of drug-likeness (QED) is 0.815. The van der Waals surface area contributed by atoms with Crippen molar-refractivity contribution in [3.8, 4) is 0 Å². The van der Waals surface area contributed by atoms with Crippen LogP contribution in [0.15, 0.2) is 29.2 Å². The zero-order valence-corrected chi connectivity index (χ0v) is 13.5. The highest BCUT2D eigenvalue weighted by atomic mass is 32.2.